The van der Waals surface area contributed by atoms with Crippen LogP contribution in [0.3, 0.4) is 0 Å². The van der Waals surface area contributed by atoms with Crippen LogP contribution in [-0.4, -0.2) is 117 Å². The Morgan fingerprint density at radius 2 is 0.811 bits per heavy atom. The van der Waals surface area contributed by atoms with Gasteiger partial charge in [-0.15, -0.1) is 0 Å². The average Bonchev–Trinajstić information content (AvgIpc) is 1.52. The second-order valence-corrected chi connectivity index (χ2v) is 30.4. The molecule has 2 atom stereocenters. The van der Waals surface area contributed by atoms with Gasteiger partial charge in [0.2, 0.25) is 0 Å². The quantitative estimate of drug-likeness (QED) is 0.140. The molecule has 1 fully saturated rings. The molecule has 2 aliphatic carbocycles. The fourth-order valence-corrected chi connectivity index (χ4v) is 12.3. The summed E-state index contributed by atoms with van der Waals surface area (Å²) in [5.74, 6) is 2.09. The van der Waals surface area contributed by atoms with Crippen LogP contribution in [0.25, 0.3) is 102 Å². The van der Waals surface area contributed by atoms with Crippen LogP contribution in [0.2, 0.25) is 0 Å². The van der Waals surface area contributed by atoms with Crippen molar-refractivity contribution in [3.63, 3.8) is 0 Å². The van der Waals surface area contributed by atoms with Crippen LogP contribution in [0.5, 0.6) is 0 Å². The van der Waals surface area contributed by atoms with Crippen molar-refractivity contribution in [2.75, 3.05) is 0 Å². The molecule has 2 bridgehead atoms. The number of aryl methyl sites for hydroxylation is 6. The Kier molecular flexibility index (Phi) is 42.2. The minimum absolute atomic E-state index is 0. The number of carboxylic acid groups (broad SMARTS) is 1. The molecule has 666 valence electrons. The Morgan fingerprint density at radius 1 is 0.433 bits per heavy atom. The molecule has 1 saturated carbocycles. The molecule has 2 unspecified atom stereocenters. The molecular formula is C86H78Cl2F3N29O2Pt5-2. The number of hydrogen-bond donors (Lipinski definition) is 1. The van der Waals surface area contributed by atoms with Gasteiger partial charge < -0.3 is 86.5 Å². The molecule has 0 aliphatic heterocycles. The standard InChI is InChI=1S/C20H20N3.C9H5F3N3.2C9H8N3.4C8H7N4.C6H5NO2.CH4.2ClH.5Pt/c1-19(2)14-8-10-20(19,3)18-15(14)17(22-23-18)16-13-7-5-4-6-12(13)9-11-21-16;10-9(11,12)8-5-7(14-15-8)6-3-1-2-4-13-6;2*1-7-6-9(12-11-7)8-4-2-3-5-10-8;2*1-6-4-7(12-11-6)8-5-9-2-3-10-8;2*1-6-10-8(12-11-6)7-4-2-3-5-9-7;8-6(9)5-3-1-2-4-7-5;;;;;;;;/h4-7,9,11,14H,8,10H2,1-3H3;1-5H;2*2-6H,1H3;4*2-5H,1H3;1-4H,(H,8,9);1H4;2*1H;;;;;/q8*-1;;;;;;4*+2/p-2. The van der Waals surface area contributed by atoms with E-state index < -0.39 is 34.3 Å². The molecule has 127 heavy (non-hydrogen) atoms. The first-order valence-corrected chi connectivity index (χ1v) is 42.7. The van der Waals surface area contributed by atoms with E-state index >= 15 is 0 Å². The minimum Gasteiger partial charge on any atom is 0 e. The predicted molar refractivity (Wildman–Crippen MR) is 451 cm³/mol. The van der Waals surface area contributed by atoms with E-state index in [4.69, 9.17) is 23.9 Å². The van der Waals surface area contributed by atoms with Crippen molar-refractivity contribution in [2.45, 2.75) is 100 Å². The van der Waals surface area contributed by atoms with Gasteiger partial charge in [-0.3, -0.25) is 60.0 Å². The van der Waals surface area contributed by atoms with Crippen molar-refractivity contribution >= 4 is 35.6 Å². The van der Waals surface area contributed by atoms with Crippen molar-refractivity contribution in [2.24, 2.45) is 5.41 Å². The monoisotopic (exact) mass is 2650 g/mol. The molecule has 1 N–H and O–H groups in total. The van der Waals surface area contributed by atoms with Gasteiger partial charge in [-0.1, -0.05) is 147 Å². The molecular weight excluding hydrogens is 2570 g/mol. The van der Waals surface area contributed by atoms with Crippen LogP contribution < -0.4 is 40.8 Å². The molecule has 41 heteroatoms. The van der Waals surface area contributed by atoms with E-state index in [0.29, 0.717) is 34.9 Å². The molecule has 31 nitrogen and oxygen atoms in total. The Labute approximate surface area is 802 Å². The smallest absolute Gasteiger partial charge is 0 e. The summed E-state index contributed by atoms with van der Waals surface area (Å²) in [6, 6.07) is 51.3. The summed E-state index contributed by atoms with van der Waals surface area (Å²) in [6.07, 6.45) is 19.6. The third kappa shape index (κ3) is 29.3. The number of aromatic carboxylic acids is 1. The molecule has 17 heterocycles. The number of alkyl halides is 3. The van der Waals surface area contributed by atoms with E-state index in [1.54, 1.807) is 106 Å². The van der Waals surface area contributed by atoms with Gasteiger partial charge >= 0.3 is 111 Å². The first-order chi connectivity index (χ1) is 59.0. The van der Waals surface area contributed by atoms with Gasteiger partial charge in [0.05, 0.1) is 40.9 Å². The molecule has 0 amide bonds. The van der Waals surface area contributed by atoms with Gasteiger partial charge in [0.25, 0.3) is 0 Å². The summed E-state index contributed by atoms with van der Waals surface area (Å²) in [4.78, 5) is 63.1. The number of aromatic nitrogens is 29. The molecule has 18 aromatic rings. The zero-order valence-electron chi connectivity index (χ0n) is 68.0. The summed E-state index contributed by atoms with van der Waals surface area (Å²) in [5, 5.41) is 73.1. The van der Waals surface area contributed by atoms with Gasteiger partial charge in [-0.2, -0.15) is 13.2 Å². The van der Waals surface area contributed by atoms with Crippen molar-refractivity contribution in [1.29, 1.82) is 0 Å². The fourth-order valence-electron chi connectivity index (χ4n) is 12.3. The van der Waals surface area contributed by atoms with Crippen molar-refractivity contribution in [3.8, 4) is 91.4 Å². The summed E-state index contributed by atoms with van der Waals surface area (Å²) < 4.78 is 36.6. The molecule has 2 aliphatic rings. The third-order valence-corrected chi connectivity index (χ3v) is 18.4. The maximum atomic E-state index is 12.2. The second kappa shape index (κ2) is 51.3. The zero-order valence-corrected chi connectivity index (χ0v) is 80.8. The molecule has 0 radical (unpaired) electrons. The van der Waals surface area contributed by atoms with E-state index in [2.05, 4.69) is 197 Å². The molecule has 20 rings (SSSR count). The number of halogens is 5. The van der Waals surface area contributed by atoms with Crippen LogP contribution in [0.4, 0.5) is 13.2 Å². The average molecular weight is 2650 g/mol. The van der Waals surface area contributed by atoms with Gasteiger partial charge in [0.15, 0.2) is 0 Å². The van der Waals surface area contributed by atoms with Crippen molar-refractivity contribution in [3.05, 3.63) is 307 Å². The van der Waals surface area contributed by atoms with Gasteiger partial charge in [0, 0.05) is 157 Å². The number of carboxylic acids is 1. The number of pyridine rings is 7. The topological polar surface area (TPSA) is 421 Å². The second-order valence-electron chi connectivity index (χ2n) is 27.1. The van der Waals surface area contributed by atoms with Crippen molar-refractivity contribution in [1.82, 2.24) is 146 Å². The van der Waals surface area contributed by atoms with Crippen LogP contribution in [0.1, 0.15) is 109 Å². The molecule has 1 aromatic carbocycles. The molecule has 0 spiro atoms. The summed E-state index contributed by atoms with van der Waals surface area (Å²) in [6.45, 7) is 18.4. The van der Waals surface area contributed by atoms with Crippen LogP contribution in [-0.2, 0) is 112 Å². The first kappa shape index (κ1) is 104. The maximum absolute atomic E-state index is 12.2. The largest absolute Gasteiger partial charge is 2.00 e. The van der Waals surface area contributed by atoms with E-state index in [9.17, 15) is 18.0 Å². The first-order valence-electron chi connectivity index (χ1n) is 37.1. The summed E-state index contributed by atoms with van der Waals surface area (Å²) in [7, 11) is 9.75. The van der Waals surface area contributed by atoms with Crippen LogP contribution >= 0.6 is 18.8 Å². The fraction of sp³-hybridized carbons (Fsp3) is 0.186. The van der Waals surface area contributed by atoms with E-state index in [1.807, 2.05) is 131 Å². The van der Waals surface area contributed by atoms with Gasteiger partial charge in [-0.25, -0.2) is 9.78 Å². The Balaban J connectivity index is 0.000000221. The molecule has 17 aromatic heterocycles. The third-order valence-electron chi connectivity index (χ3n) is 18.4. The zero-order chi connectivity index (χ0) is 86.4. The van der Waals surface area contributed by atoms with Crippen molar-refractivity contribution < 1.29 is 124 Å². The van der Waals surface area contributed by atoms with Crippen LogP contribution in [0, 0.1) is 47.0 Å². The Morgan fingerprint density at radius 3 is 1.15 bits per heavy atom. The minimum atomic E-state index is -4.46. The van der Waals surface area contributed by atoms with E-state index in [-0.39, 0.29) is 114 Å². The Bertz CT molecular complexity index is 5590. The van der Waals surface area contributed by atoms with E-state index in [1.165, 1.54) is 53.3 Å². The summed E-state index contributed by atoms with van der Waals surface area (Å²) in [5.41, 5.74) is 16.3. The molecule has 0 saturated heterocycles. The predicted octanol–water partition coefficient (Wildman–Crippen LogP) is 15.4. The number of hydrogen-bond acceptors (Lipinski definition) is 22. The number of carbonyl (C=O) groups is 1. The number of nitrogens with zero attached hydrogens (tertiary/aromatic N) is 29. The van der Waals surface area contributed by atoms with Gasteiger partial charge in [0.1, 0.15) is 11.4 Å². The van der Waals surface area contributed by atoms with Gasteiger partial charge in [-0.05, 0) is 173 Å². The van der Waals surface area contributed by atoms with E-state index in [0.717, 1.165) is 97.2 Å². The number of rotatable bonds is 9. The number of benzene rings is 1. The number of fused-ring (bicyclic) bond motifs is 6. The summed E-state index contributed by atoms with van der Waals surface area (Å²) >= 11 is -0.472. The Hall–Kier alpha value is -11.5. The SMILES string of the molecule is C.CC12CCC(c3c1n[n-]c3-c1nccc3ccccc13)C2(C)C.Cc1cc(-c2ccccn2)[n-]n1.Cc1cc(-c2ccccn2)[n-]n1.Cc1cc(-c2cnccn2)[n-]n1.Cc1cc(-c2cnccn2)[n-]n1.Cc1n[n-]c(-c2ccccn2)n1.Cc1n[n-]c(-c2ccccn2)n1.FC(F)(F)c1cc(-c2ccccn2)[n-]n1.O=C(O)c1ccccn1.[Cl][Pt][Cl].[Pt+2].[Pt+2].[Pt+2].[Pt]. The van der Waals surface area contributed by atoms with Crippen LogP contribution in [0.15, 0.2) is 250 Å². The normalized spacial score (nSPS) is 12.9. The maximum Gasteiger partial charge on any atom is 2.00 e.